The topological polar surface area (TPSA) is 70.6 Å². The Labute approximate surface area is 129 Å². The van der Waals surface area contributed by atoms with Crippen molar-refractivity contribution in [1.82, 2.24) is 10.6 Å². The Morgan fingerprint density at radius 1 is 1.19 bits per heavy atom. The zero-order valence-corrected chi connectivity index (χ0v) is 14.9. The summed E-state index contributed by atoms with van der Waals surface area (Å²) in [6, 6.07) is 0.451. The van der Waals surface area contributed by atoms with Crippen LogP contribution in [0, 0.1) is 5.92 Å². The fourth-order valence-corrected chi connectivity index (χ4v) is 3.39. The minimum Gasteiger partial charge on any atom is -0.355 e. The van der Waals surface area contributed by atoms with Gasteiger partial charge in [-0.2, -0.15) is 0 Å². The van der Waals surface area contributed by atoms with Crippen LogP contribution in [0.4, 0.5) is 0 Å². The molecule has 0 saturated heterocycles. The highest BCUT2D eigenvalue weighted by atomic mass is 32.2. The molecule has 1 aliphatic carbocycles. The Bertz CT molecular complexity index is 444. The van der Waals surface area contributed by atoms with E-state index >= 15 is 0 Å². The number of hydrogen-bond donors (Lipinski definition) is 2. The van der Waals surface area contributed by atoms with Crippen LogP contribution in [0.5, 0.6) is 0 Å². The first kappa shape index (κ1) is 18.3. The maximum Gasteiger partial charge on any atom is 0.191 e. The molecule has 0 heterocycles. The highest BCUT2D eigenvalue weighted by molar-refractivity contribution is 7.92. The van der Waals surface area contributed by atoms with Crippen LogP contribution in [0.25, 0.3) is 0 Å². The normalized spacial score (nSPS) is 24.7. The van der Waals surface area contributed by atoms with Gasteiger partial charge in [-0.1, -0.05) is 6.92 Å². The molecule has 0 radical (unpaired) electrons. The highest BCUT2D eigenvalue weighted by Gasteiger charge is 2.28. The second kappa shape index (κ2) is 7.47. The lowest BCUT2D eigenvalue weighted by atomic mass is 9.87. The molecule has 1 saturated carbocycles. The molecule has 1 rings (SSSR count). The summed E-state index contributed by atoms with van der Waals surface area (Å²) in [4.78, 5) is 4.18. The summed E-state index contributed by atoms with van der Waals surface area (Å²) in [5.41, 5.74) is 0. The molecule has 0 aliphatic heterocycles. The van der Waals surface area contributed by atoms with Gasteiger partial charge in [-0.05, 0) is 52.4 Å². The number of guanidine groups is 1. The molecular weight excluding hydrogens is 286 g/mol. The summed E-state index contributed by atoms with van der Waals surface area (Å²) in [6.07, 6.45) is 4.80. The van der Waals surface area contributed by atoms with Gasteiger partial charge in [-0.25, -0.2) is 8.42 Å². The molecule has 2 N–H and O–H groups in total. The Balaban J connectivity index is 2.39. The summed E-state index contributed by atoms with van der Waals surface area (Å²) in [5.74, 6) is 1.65. The summed E-state index contributed by atoms with van der Waals surface area (Å²) < 4.78 is 23.4. The van der Waals surface area contributed by atoms with Crippen molar-refractivity contribution >= 4 is 15.8 Å². The van der Waals surface area contributed by atoms with Gasteiger partial charge < -0.3 is 10.6 Å². The summed E-state index contributed by atoms with van der Waals surface area (Å²) in [6.45, 7) is 7.89. The van der Waals surface area contributed by atoms with Crippen molar-refractivity contribution < 1.29 is 8.42 Å². The van der Waals surface area contributed by atoms with Gasteiger partial charge in [0.15, 0.2) is 15.8 Å². The first-order valence-electron chi connectivity index (χ1n) is 7.85. The first-order valence-corrected chi connectivity index (χ1v) is 9.50. The molecule has 0 atom stereocenters. The Morgan fingerprint density at radius 2 is 1.76 bits per heavy atom. The molecule has 6 heteroatoms. The number of rotatable bonds is 4. The highest BCUT2D eigenvalue weighted by Crippen LogP contribution is 2.23. The summed E-state index contributed by atoms with van der Waals surface area (Å²) in [7, 11) is -1.37. The SMILES string of the molecule is CN=C(NCCS(=O)(=O)C(C)(C)C)NC1CCC(C)CC1. The van der Waals surface area contributed by atoms with E-state index in [2.05, 4.69) is 22.5 Å². The molecule has 0 bridgehead atoms. The van der Waals surface area contributed by atoms with E-state index in [1.807, 2.05) is 0 Å². The predicted molar refractivity (Wildman–Crippen MR) is 89.5 cm³/mol. The standard InChI is InChI=1S/C15H31N3O2S/c1-12-6-8-13(9-7-12)18-14(16-5)17-10-11-21(19,20)15(2,3)4/h12-13H,6-11H2,1-5H3,(H2,16,17,18). The van der Waals surface area contributed by atoms with E-state index < -0.39 is 14.6 Å². The molecule has 0 aromatic carbocycles. The average molecular weight is 317 g/mol. The van der Waals surface area contributed by atoms with Gasteiger partial charge in [0, 0.05) is 19.6 Å². The summed E-state index contributed by atoms with van der Waals surface area (Å²) in [5, 5.41) is 6.51. The van der Waals surface area contributed by atoms with Crippen molar-refractivity contribution in [3.63, 3.8) is 0 Å². The van der Waals surface area contributed by atoms with Crippen LogP contribution in [0.1, 0.15) is 53.4 Å². The van der Waals surface area contributed by atoms with E-state index in [1.54, 1.807) is 27.8 Å². The Hall–Kier alpha value is -0.780. The van der Waals surface area contributed by atoms with Gasteiger partial charge in [0.2, 0.25) is 0 Å². The lowest BCUT2D eigenvalue weighted by Crippen LogP contribution is -2.46. The van der Waals surface area contributed by atoms with Gasteiger partial charge in [0.1, 0.15) is 0 Å². The first-order chi connectivity index (χ1) is 9.65. The Morgan fingerprint density at radius 3 is 2.24 bits per heavy atom. The molecule has 1 aliphatic rings. The van der Waals surface area contributed by atoms with Gasteiger partial charge >= 0.3 is 0 Å². The largest absolute Gasteiger partial charge is 0.355 e. The molecule has 0 amide bonds. The average Bonchev–Trinajstić information content (AvgIpc) is 2.38. The fraction of sp³-hybridized carbons (Fsp3) is 0.933. The van der Waals surface area contributed by atoms with Crippen molar-refractivity contribution in [2.75, 3.05) is 19.3 Å². The van der Waals surface area contributed by atoms with E-state index in [1.165, 1.54) is 12.8 Å². The van der Waals surface area contributed by atoms with Crippen molar-refractivity contribution in [3.05, 3.63) is 0 Å². The number of nitrogens with zero attached hydrogens (tertiary/aromatic N) is 1. The van der Waals surface area contributed by atoms with Crippen molar-refractivity contribution in [2.45, 2.75) is 64.2 Å². The van der Waals surface area contributed by atoms with Gasteiger partial charge in [0.05, 0.1) is 10.5 Å². The van der Waals surface area contributed by atoms with Crippen LogP contribution in [-0.4, -0.2) is 44.5 Å². The minimum absolute atomic E-state index is 0.124. The van der Waals surface area contributed by atoms with Crippen molar-refractivity contribution in [3.8, 4) is 0 Å². The van der Waals surface area contributed by atoms with E-state index in [4.69, 9.17) is 0 Å². The predicted octanol–water partition coefficient (Wildman–Crippen LogP) is 1.94. The molecular formula is C15H31N3O2S. The molecule has 5 nitrogen and oxygen atoms in total. The third-order valence-corrected chi connectivity index (χ3v) is 6.78. The third kappa shape index (κ3) is 5.85. The fourth-order valence-electron chi connectivity index (χ4n) is 2.40. The minimum atomic E-state index is -3.09. The van der Waals surface area contributed by atoms with E-state index in [0.717, 1.165) is 18.8 Å². The van der Waals surface area contributed by atoms with Crippen molar-refractivity contribution in [1.29, 1.82) is 0 Å². The molecule has 0 aromatic rings. The molecule has 124 valence electrons. The smallest absolute Gasteiger partial charge is 0.191 e. The monoisotopic (exact) mass is 317 g/mol. The van der Waals surface area contributed by atoms with E-state index in [0.29, 0.717) is 18.5 Å². The van der Waals surface area contributed by atoms with E-state index in [-0.39, 0.29) is 5.75 Å². The van der Waals surface area contributed by atoms with Crippen LogP contribution in [-0.2, 0) is 9.84 Å². The van der Waals surface area contributed by atoms with Gasteiger partial charge in [-0.15, -0.1) is 0 Å². The maximum absolute atomic E-state index is 12.0. The maximum atomic E-state index is 12.0. The van der Waals surface area contributed by atoms with Crippen LogP contribution >= 0.6 is 0 Å². The molecule has 21 heavy (non-hydrogen) atoms. The Kier molecular flexibility index (Phi) is 6.50. The van der Waals surface area contributed by atoms with Gasteiger partial charge in [-0.3, -0.25) is 4.99 Å². The quantitative estimate of drug-likeness (QED) is 0.614. The molecule has 0 aromatic heterocycles. The van der Waals surface area contributed by atoms with Gasteiger partial charge in [0.25, 0.3) is 0 Å². The number of nitrogens with one attached hydrogen (secondary N) is 2. The number of aliphatic imine (C=N–C) groups is 1. The van der Waals surface area contributed by atoms with Crippen LogP contribution in [0.2, 0.25) is 0 Å². The zero-order valence-electron chi connectivity index (χ0n) is 14.1. The zero-order chi connectivity index (χ0) is 16.1. The van der Waals surface area contributed by atoms with Crippen LogP contribution in [0.3, 0.4) is 0 Å². The second-order valence-electron chi connectivity index (χ2n) is 7.03. The summed E-state index contributed by atoms with van der Waals surface area (Å²) >= 11 is 0. The van der Waals surface area contributed by atoms with Crippen LogP contribution < -0.4 is 10.6 Å². The lowest BCUT2D eigenvalue weighted by Gasteiger charge is -2.28. The third-order valence-electron chi connectivity index (χ3n) is 4.18. The van der Waals surface area contributed by atoms with Crippen molar-refractivity contribution in [2.24, 2.45) is 10.9 Å². The molecule has 0 spiro atoms. The molecule has 0 unspecified atom stereocenters. The number of sulfone groups is 1. The van der Waals surface area contributed by atoms with E-state index in [9.17, 15) is 8.42 Å². The second-order valence-corrected chi connectivity index (χ2v) is 9.89. The molecule has 1 fully saturated rings. The van der Waals surface area contributed by atoms with Crippen LogP contribution in [0.15, 0.2) is 4.99 Å². The number of hydrogen-bond acceptors (Lipinski definition) is 3. The lowest BCUT2D eigenvalue weighted by molar-refractivity contribution is 0.329.